The molecule has 0 aliphatic carbocycles. The van der Waals surface area contributed by atoms with Gasteiger partial charge in [-0.1, -0.05) is 35.9 Å². The number of carboxylic acids is 1. The first kappa shape index (κ1) is 42.5. The third kappa shape index (κ3) is 10.7. The molecule has 4 N–H and O–H groups in total. The van der Waals surface area contributed by atoms with E-state index in [0.717, 1.165) is 55.8 Å². The molecule has 0 spiro atoms. The van der Waals surface area contributed by atoms with Crippen molar-refractivity contribution in [1.29, 1.82) is 5.41 Å². The van der Waals surface area contributed by atoms with Crippen molar-refractivity contribution in [2.45, 2.75) is 25.6 Å². The topological polar surface area (TPSA) is 138 Å². The van der Waals surface area contributed by atoms with Crippen molar-refractivity contribution in [3.05, 3.63) is 101 Å². The molecule has 58 heavy (non-hydrogen) atoms. The summed E-state index contributed by atoms with van der Waals surface area (Å²) in [7, 11) is 2.10. The highest BCUT2D eigenvalue weighted by Crippen LogP contribution is 2.46. The van der Waals surface area contributed by atoms with Crippen molar-refractivity contribution >= 4 is 45.4 Å². The van der Waals surface area contributed by atoms with E-state index in [1.165, 1.54) is 18.2 Å². The second-order valence-electron chi connectivity index (χ2n) is 13.7. The number of pyridine rings is 1. The number of carboxylic acid groups (broad SMARTS) is 1. The summed E-state index contributed by atoms with van der Waals surface area (Å²) in [4.78, 5) is 22.2. The molecule has 0 radical (unpaired) electrons. The summed E-state index contributed by atoms with van der Waals surface area (Å²) in [6.45, 7) is 5.43. The standard InChI is InChI=1S/C41H41ClF4N6O5S/c1-25-30(11-12-32(37(25)42)55-20-19-52-17-15-51(2)16-18-52)35-36-34(22-48-38(35)26-7-9-28(43)10-8-26)58-50-39(36)57-33(40(53)54)21-27-5-3-4-6-31(27)56-23-29(13-14-47)49-24-41(44,45)46/h3-14,22,33,47,49H,15-21,23-24H2,1-2H3,(H,53,54)/p+1/b29-13-,47-14?. The minimum Gasteiger partial charge on any atom is -0.491 e. The number of carbonyl (C=O) groups is 1. The molecule has 2 aromatic heterocycles. The largest absolute Gasteiger partial charge is 0.491 e. The number of nitrogens with zero attached hydrogens (tertiary/aromatic N) is 4. The van der Waals surface area contributed by atoms with E-state index in [9.17, 15) is 27.5 Å². The highest BCUT2D eigenvalue weighted by Gasteiger charge is 2.31. The molecule has 1 fully saturated rings. The van der Waals surface area contributed by atoms with Gasteiger partial charge in [-0.15, -0.1) is 0 Å². The fraction of sp³-hybridized carbons (Fsp3) is 0.317. The van der Waals surface area contributed by atoms with E-state index >= 15 is 0 Å². The summed E-state index contributed by atoms with van der Waals surface area (Å²) in [5.41, 5.74) is 3.45. The summed E-state index contributed by atoms with van der Waals surface area (Å²) < 4.78 is 76.2. The number of hydrogen-bond donors (Lipinski definition) is 3. The van der Waals surface area contributed by atoms with E-state index in [4.69, 9.17) is 36.2 Å². The molecular weight excluding hydrogens is 800 g/mol. The van der Waals surface area contributed by atoms with Crippen molar-refractivity contribution in [1.82, 2.24) is 19.2 Å². The first-order valence-electron chi connectivity index (χ1n) is 18.4. The van der Waals surface area contributed by atoms with Gasteiger partial charge in [0.2, 0.25) is 12.0 Å². The quantitative estimate of drug-likeness (QED) is 0.0678. The first-order chi connectivity index (χ1) is 27.8. The number of nitrogens with two attached hydrogens (primary N) is 1. The predicted molar refractivity (Wildman–Crippen MR) is 215 cm³/mol. The van der Waals surface area contributed by atoms with Gasteiger partial charge in [-0.25, -0.2) is 9.18 Å². The summed E-state index contributed by atoms with van der Waals surface area (Å²) in [6, 6.07) is 16.0. The number of benzene rings is 3. The number of alkyl halides is 3. The maximum Gasteiger partial charge on any atom is 0.438 e. The summed E-state index contributed by atoms with van der Waals surface area (Å²) in [5.74, 6) is -0.972. The Hall–Kier alpha value is -5.13. The van der Waals surface area contributed by atoms with Gasteiger partial charge in [0.25, 0.3) is 0 Å². The minimum atomic E-state index is -4.44. The second kappa shape index (κ2) is 19.1. The highest BCUT2D eigenvalue weighted by molar-refractivity contribution is 7.13. The van der Waals surface area contributed by atoms with Gasteiger partial charge in [-0.05, 0) is 78.6 Å². The highest BCUT2D eigenvalue weighted by atomic mass is 35.5. The lowest BCUT2D eigenvalue weighted by molar-refractivity contribution is -0.633. The molecule has 11 nitrogen and oxygen atoms in total. The Bertz CT molecular complexity index is 2260. The lowest BCUT2D eigenvalue weighted by Crippen LogP contribution is -2.86. The number of nitrogens with one attached hydrogen (secondary N) is 1. The van der Waals surface area contributed by atoms with Gasteiger partial charge in [0, 0.05) is 68.8 Å². The van der Waals surface area contributed by atoms with Crippen LogP contribution in [0.2, 0.25) is 5.02 Å². The van der Waals surface area contributed by atoms with E-state index in [2.05, 4.69) is 21.2 Å². The second-order valence-corrected chi connectivity index (χ2v) is 14.9. The molecule has 3 aromatic carbocycles. The fourth-order valence-electron chi connectivity index (χ4n) is 6.50. The lowest BCUT2D eigenvalue weighted by Gasteiger charge is -2.32. The minimum absolute atomic E-state index is 0.0209. The Morgan fingerprint density at radius 1 is 1.07 bits per heavy atom. The molecule has 0 saturated carbocycles. The van der Waals surface area contributed by atoms with Crippen LogP contribution in [0.25, 0.3) is 32.5 Å². The predicted octanol–water partition coefficient (Wildman–Crippen LogP) is 6.87. The van der Waals surface area contributed by atoms with Gasteiger partial charge in [0.05, 0.1) is 20.8 Å². The van der Waals surface area contributed by atoms with Crippen LogP contribution in [-0.4, -0.2) is 108 Å². The smallest absolute Gasteiger partial charge is 0.438 e. The van der Waals surface area contributed by atoms with Gasteiger partial charge in [0.15, 0.2) is 13.2 Å². The van der Waals surface area contributed by atoms with Crippen LogP contribution in [0.3, 0.4) is 0 Å². The van der Waals surface area contributed by atoms with Crippen LogP contribution in [0.15, 0.2) is 78.6 Å². The number of halogens is 5. The molecule has 1 saturated heterocycles. The van der Waals surface area contributed by atoms with Gasteiger partial charge in [0.1, 0.15) is 29.6 Å². The maximum absolute atomic E-state index is 14.1. The third-order valence-electron chi connectivity index (χ3n) is 9.68. The van der Waals surface area contributed by atoms with Crippen molar-refractivity contribution < 1.29 is 47.0 Å². The van der Waals surface area contributed by atoms with Crippen LogP contribution >= 0.6 is 23.1 Å². The number of rotatable bonds is 17. The molecule has 5 aromatic rings. The van der Waals surface area contributed by atoms with Crippen LogP contribution in [0.4, 0.5) is 17.6 Å². The normalized spacial score (nSPS) is 14.7. The van der Waals surface area contributed by atoms with Crippen molar-refractivity contribution in [2.24, 2.45) is 0 Å². The van der Waals surface area contributed by atoms with E-state index in [0.29, 0.717) is 61.0 Å². The fourth-order valence-corrected chi connectivity index (χ4v) is 7.41. The van der Waals surface area contributed by atoms with Crippen molar-refractivity contribution in [2.75, 3.05) is 59.5 Å². The number of allylic oxidation sites excluding steroid dienone is 1. The van der Waals surface area contributed by atoms with Gasteiger partial charge in [-0.2, -0.15) is 17.5 Å². The van der Waals surface area contributed by atoms with E-state index in [-0.39, 0.29) is 30.4 Å². The van der Waals surface area contributed by atoms with E-state index in [1.807, 2.05) is 13.0 Å². The van der Waals surface area contributed by atoms with Gasteiger partial charge >= 0.3 is 12.1 Å². The molecular formula is C41H42ClF4N6O5S+. The van der Waals surface area contributed by atoms with Gasteiger partial charge in [-0.3, -0.25) is 9.88 Å². The number of aliphatic carboxylic acids is 1. The van der Waals surface area contributed by atoms with Gasteiger partial charge < -0.3 is 34.9 Å². The van der Waals surface area contributed by atoms with Crippen LogP contribution in [0, 0.1) is 18.2 Å². The Labute approximate surface area is 341 Å². The van der Waals surface area contributed by atoms with Crippen LogP contribution in [0.5, 0.6) is 17.4 Å². The monoisotopic (exact) mass is 841 g/mol. The number of aromatic nitrogens is 2. The summed E-state index contributed by atoms with van der Waals surface area (Å²) in [5, 5.41) is 19.6. The van der Waals surface area contributed by atoms with E-state index in [1.54, 1.807) is 48.7 Å². The number of likely N-dealkylation sites (N-methyl/N-ethyl adjacent to an activating group) is 1. The Kier molecular flexibility index (Phi) is 14.0. The number of para-hydroxylation sites is 1. The Morgan fingerprint density at radius 3 is 2.52 bits per heavy atom. The zero-order valence-corrected chi connectivity index (χ0v) is 33.3. The molecule has 0 bridgehead atoms. The maximum atomic E-state index is 14.1. The number of hydrogen-bond acceptors (Lipinski definition) is 10. The van der Waals surface area contributed by atoms with Crippen LogP contribution in [-0.2, 0) is 11.2 Å². The molecule has 17 heteroatoms. The molecule has 1 aliphatic heterocycles. The van der Waals surface area contributed by atoms with E-state index < -0.39 is 30.6 Å². The van der Waals surface area contributed by atoms with Crippen LogP contribution < -0.4 is 19.5 Å². The number of piperazine rings is 1. The Balaban J connectivity index is 1.32. The summed E-state index contributed by atoms with van der Waals surface area (Å²) >= 11 is 8.05. The molecule has 6 rings (SSSR count). The number of ether oxygens (including phenoxy) is 3. The number of fused-ring (bicyclic) bond motifs is 1. The molecule has 1 atom stereocenters. The molecule has 306 valence electrons. The van der Waals surface area contributed by atoms with Crippen molar-refractivity contribution in [3.8, 4) is 39.8 Å². The SMILES string of the molecule is Cc1c(-c2c(-c3ccc(F)cc3)ncc3snc(OC(Cc4ccccc4OC/C(=C/C=N)[NH2+]CC(F)(F)F)C(=O)O)c23)ccc(OCCN2CCN(C)CC2)c1Cl. The zero-order valence-electron chi connectivity index (χ0n) is 31.7. The first-order valence-corrected chi connectivity index (χ1v) is 19.5. The summed E-state index contributed by atoms with van der Waals surface area (Å²) in [6.07, 6.45) is -2.46. The third-order valence-corrected chi connectivity index (χ3v) is 10.9. The molecule has 0 amide bonds. The zero-order chi connectivity index (χ0) is 41.4. The molecule has 1 aliphatic rings. The van der Waals surface area contributed by atoms with Crippen molar-refractivity contribution in [3.63, 3.8) is 0 Å². The Morgan fingerprint density at radius 2 is 1.81 bits per heavy atom. The average Bonchev–Trinajstić information content (AvgIpc) is 3.61. The lowest BCUT2D eigenvalue weighted by atomic mass is 9.93. The number of quaternary nitrogens is 1. The average molecular weight is 842 g/mol. The van der Waals surface area contributed by atoms with Crippen LogP contribution in [0.1, 0.15) is 11.1 Å². The molecule has 3 heterocycles. The molecule has 1 unspecified atom stereocenters.